The van der Waals surface area contributed by atoms with Gasteiger partial charge in [-0.25, -0.2) is 4.79 Å². The van der Waals surface area contributed by atoms with Crippen LogP contribution in [0.4, 0.5) is 0 Å². The molecule has 16 heavy (non-hydrogen) atoms. The molecule has 3 heteroatoms. The van der Waals surface area contributed by atoms with E-state index in [1.165, 1.54) is 18.1 Å². The molecule has 0 spiro atoms. The molecule has 0 aliphatic heterocycles. The molecule has 0 aliphatic carbocycles. The Morgan fingerprint density at radius 2 is 1.75 bits per heavy atom. The summed E-state index contributed by atoms with van der Waals surface area (Å²) in [5, 5.41) is 8.77. The Bertz CT molecular complexity index is 349. The highest BCUT2D eigenvalue weighted by atomic mass is 16.5. The van der Waals surface area contributed by atoms with Crippen LogP contribution in [0.15, 0.2) is 18.2 Å². The second-order valence-corrected chi connectivity index (χ2v) is 3.79. The zero-order chi connectivity index (χ0) is 12.1. The van der Waals surface area contributed by atoms with Gasteiger partial charge in [-0.1, -0.05) is 19.9 Å². The van der Waals surface area contributed by atoms with E-state index in [1.807, 2.05) is 12.1 Å². The topological polar surface area (TPSA) is 46.5 Å². The third-order valence-electron chi connectivity index (χ3n) is 2.50. The number of aliphatic carboxylic acids is 1. The van der Waals surface area contributed by atoms with Crippen LogP contribution < -0.4 is 4.74 Å². The maximum atomic E-state index is 10.7. The molecule has 0 aliphatic rings. The first-order chi connectivity index (χ1) is 7.56. The van der Waals surface area contributed by atoms with Crippen molar-refractivity contribution in [3.05, 3.63) is 29.3 Å². The lowest BCUT2D eigenvalue weighted by Crippen LogP contribution is -2.22. The Labute approximate surface area is 96.1 Å². The van der Waals surface area contributed by atoms with E-state index in [1.54, 1.807) is 0 Å². The molecule has 1 atom stereocenters. The van der Waals surface area contributed by atoms with Crippen LogP contribution in [0.3, 0.4) is 0 Å². The van der Waals surface area contributed by atoms with Crippen molar-refractivity contribution in [1.29, 1.82) is 0 Å². The van der Waals surface area contributed by atoms with Gasteiger partial charge in [0.15, 0.2) is 6.10 Å². The van der Waals surface area contributed by atoms with Gasteiger partial charge in [-0.2, -0.15) is 0 Å². The summed E-state index contributed by atoms with van der Waals surface area (Å²) >= 11 is 0. The number of carboxylic acids is 1. The Morgan fingerprint density at radius 1 is 1.25 bits per heavy atom. The van der Waals surface area contributed by atoms with Crippen molar-refractivity contribution in [1.82, 2.24) is 0 Å². The average Bonchev–Trinajstić information content (AvgIpc) is 2.28. The summed E-state index contributed by atoms with van der Waals surface area (Å²) in [6, 6.07) is 5.93. The number of rotatable bonds is 5. The first-order valence-corrected chi connectivity index (χ1v) is 5.59. The lowest BCUT2D eigenvalue weighted by molar-refractivity contribution is -0.144. The number of carboxylic acid groups (broad SMARTS) is 1. The molecule has 0 heterocycles. The molecule has 1 N–H and O–H groups in total. The molecule has 1 aromatic rings. The third kappa shape index (κ3) is 3.26. The highest BCUT2D eigenvalue weighted by Crippen LogP contribution is 2.19. The zero-order valence-electron chi connectivity index (χ0n) is 9.99. The van der Waals surface area contributed by atoms with Crippen LogP contribution in [0.2, 0.25) is 0 Å². The zero-order valence-corrected chi connectivity index (χ0v) is 9.99. The second kappa shape index (κ2) is 5.54. The van der Waals surface area contributed by atoms with Crippen molar-refractivity contribution in [3.63, 3.8) is 0 Å². The van der Waals surface area contributed by atoms with Gasteiger partial charge in [0.2, 0.25) is 0 Å². The third-order valence-corrected chi connectivity index (χ3v) is 2.50. The van der Waals surface area contributed by atoms with Gasteiger partial charge in [-0.3, -0.25) is 0 Å². The maximum Gasteiger partial charge on any atom is 0.344 e. The number of hydrogen-bond donors (Lipinski definition) is 1. The average molecular weight is 222 g/mol. The van der Waals surface area contributed by atoms with Crippen LogP contribution in [0, 0.1) is 0 Å². The number of carbonyl (C=O) groups is 1. The first-order valence-electron chi connectivity index (χ1n) is 5.59. The second-order valence-electron chi connectivity index (χ2n) is 3.79. The molecule has 0 saturated heterocycles. The van der Waals surface area contributed by atoms with Crippen LogP contribution in [0.25, 0.3) is 0 Å². The van der Waals surface area contributed by atoms with E-state index in [9.17, 15) is 4.79 Å². The van der Waals surface area contributed by atoms with Crippen LogP contribution in [-0.4, -0.2) is 17.2 Å². The van der Waals surface area contributed by atoms with Crippen LogP contribution in [-0.2, 0) is 17.6 Å². The molecule has 0 saturated carbocycles. The molecule has 1 rings (SSSR count). The normalized spacial score (nSPS) is 12.2. The van der Waals surface area contributed by atoms with Gasteiger partial charge in [-0.05, 0) is 43.0 Å². The quantitative estimate of drug-likeness (QED) is 0.833. The monoisotopic (exact) mass is 222 g/mol. The van der Waals surface area contributed by atoms with E-state index in [2.05, 4.69) is 19.9 Å². The van der Waals surface area contributed by atoms with Crippen molar-refractivity contribution in [3.8, 4) is 5.75 Å². The molecule has 88 valence electrons. The molecule has 0 amide bonds. The molecule has 1 unspecified atom stereocenters. The fourth-order valence-corrected chi connectivity index (χ4v) is 1.46. The standard InChI is InChI=1S/C13H18O3/c1-4-10-6-11(5-2)8-12(7-10)16-9(3)13(14)15/h6-9H,4-5H2,1-3H3,(H,14,15). The number of aryl methyl sites for hydroxylation is 2. The highest BCUT2D eigenvalue weighted by molar-refractivity contribution is 5.72. The number of ether oxygens (including phenoxy) is 1. The Hall–Kier alpha value is -1.51. The molecular weight excluding hydrogens is 204 g/mol. The Morgan fingerprint density at radius 3 is 2.12 bits per heavy atom. The minimum atomic E-state index is -0.944. The van der Waals surface area contributed by atoms with Gasteiger partial charge in [0, 0.05) is 0 Å². The SMILES string of the molecule is CCc1cc(CC)cc(OC(C)C(=O)O)c1. The minimum Gasteiger partial charge on any atom is -0.479 e. The summed E-state index contributed by atoms with van der Waals surface area (Å²) in [4.78, 5) is 10.7. The van der Waals surface area contributed by atoms with Crippen molar-refractivity contribution < 1.29 is 14.6 Å². The van der Waals surface area contributed by atoms with Gasteiger partial charge < -0.3 is 9.84 Å². The van der Waals surface area contributed by atoms with Crippen molar-refractivity contribution in [2.75, 3.05) is 0 Å². The smallest absolute Gasteiger partial charge is 0.344 e. The first kappa shape index (κ1) is 12.6. The predicted octanol–water partition coefficient (Wildman–Crippen LogP) is 2.66. The fraction of sp³-hybridized carbons (Fsp3) is 0.462. The van der Waals surface area contributed by atoms with Crippen molar-refractivity contribution in [2.24, 2.45) is 0 Å². The Kier molecular flexibility index (Phi) is 4.35. The lowest BCUT2D eigenvalue weighted by Gasteiger charge is -2.12. The largest absolute Gasteiger partial charge is 0.479 e. The fourth-order valence-electron chi connectivity index (χ4n) is 1.46. The highest BCUT2D eigenvalue weighted by Gasteiger charge is 2.12. The van der Waals surface area contributed by atoms with Gasteiger partial charge in [0.1, 0.15) is 5.75 Å². The summed E-state index contributed by atoms with van der Waals surface area (Å²) in [5.74, 6) is -0.300. The van der Waals surface area contributed by atoms with Gasteiger partial charge in [-0.15, -0.1) is 0 Å². The van der Waals surface area contributed by atoms with E-state index < -0.39 is 12.1 Å². The van der Waals surface area contributed by atoms with Crippen LogP contribution in [0.5, 0.6) is 5.75 Å². The van der Waals surface area contributed by atoms with Crippen LogP contribution in [0.1, 0.15) is 31.9 Å². The van der Waals surface area contributed by atoms with E-state index in [-0.39, 0.29) is 0 Å². The van der Waals surface area contributed by atoms with Gasteiger partial charge >= 0.3 is 5.97 Å². The molecule has 0 radical (unpaired) electrons. The van der Waals surface area contributed by atoms with Crippen molar-refractivity contribution in [2.45, 2.75) is 39.7 Å². The molecule has 3 nitrogen and oxygen atoms in total. The van der Waals surface area contributed by atoms with Gasteiger partial charge in [0.05, 0.1) is 0 Å². The van der Waals surface area contributed by atoms with Gasteiger partial charge in [0.25, 0.3) is 0 Å². The van der Waals surface area contributed by atoms with E-state index in [0.717, 1.165) is 12.8 Å². The van der Waals surface area contributed by atoms with E-state index in [4.69, 9.17) is 9.84 Å². The molecular formula is C13H18O3. The maximum absolute atomic E-state index is 10.7. The summed E-state index contributed by atoms with van der Waals surface area (Å²) in [7, 11) is 0. The summed E-state index contributed by atoms with van der Waals surface area (Å²) in [6.07, 6.45) is 1.04. The number of benzene rings is 1. The van der Waals surface area contributed by atoms with Crippen molar-refractivity contribution >= 4 is 5.97 Å². The number of hydrogen-bond acceptors (Lipinski definition) is 2. The summed E-state index contributed by atoms with van der Waals surface area (Å²) < 4.78 is 5.36. The minimum absolute atomic E-state index is 0.645. The van der Waals surface area contributed by atoms with E-state index >= 15 is 0 Å². The van der Waals surface area contributed by atoms with E-state index in [0.29, 0.717) is 5.75 Å². The molecule has 1 aromatic carbocycles. The lowest BCUT2D eigenvalue weighted by atomic mass is 10.1. The van der Waals surface area contributed by atoms with Crippen LogP contribution >= 0.6 is 0 Å². The molecule has 0 aromatic heterocycles. The predicted molar refractivity (Wildman–Crippen MR) is 62.9 cm³/mol. The molecule has 0 bridgehead atoms. The summed E-state index contributed by atoms with van der Waals surface area (Å²) in [6.45, 7) is 5.67. The summed E-state index contributed by atoms with van der Waals surface area (Å²) in [5.41, 5.74) is 2.35. The Balaban J connectivity index is 2.90. The molecule has 0 fully saturated rings.